The van der Waals surface area contributed by atoms with Crippen molar-refractivity contribution in [2.75, 3.05) is 6.61 Å². The van der Waals surface area contributed by atoms with E-state index in [0.29, 0.717) is 12.2 Å². The number of ether oxygens (including phenoxy) is 1. The largest absolute Gasteiger partial charge is 0.508 e. The summed E-state index contributed by atoms with van der Waals surface area (Å²) in [4.78, 5) is 11.2. The minimum atomic E-state index is -0.405. The summed E-state index contributed by atoms with van der Waals surface area (Å²) in [6.07, 6.45) is 0. The number of rotatable bonds is 2. The van der Waals surface area contributed by atoms with Crippen molar-refractivity contribution in [1.82, 2.24) is 0 Å². The molecule has 1 aromatic carbocycles. The maximum Gasteiger partial charge on any atom is 0.338 e. The number of hydrogen-bond acceptors (Lipinski definition) is 3. The molecule has 0 amide bonds. The van der Waals surface area contributed by atoms with E-state index in [1.54, 1.807) is 26.0 Å². The average Bonchev–Trinajstić information content (AvgIpc) is 2.25. The molecule has 0 bridgehead atoms. The monoisotopic (exact) mass is 210 g/mol. The number of phenolic OH excluding ortho intramolecular Hbond substituents is 1. The molecule has 0 fully saturated rings. The molecule has 0 unspecified atom stereocenters. The number of phenols is 1. The third kappa shape index (κ3) is 4.02. The molecule has 0 saturated carbocycles. The maximum absolute atomic E-state index is 11.2. The molecule has 0 radical (unpaired) electrons. The highest BCUT2D eigenvalue weighted by atomic mass is 16.5. The first-order chi connectivity index (χ1) is 7.15. The lowest BCUT2D eigenvalue weighted by atomic mass is 10.1. The zero-order chi connectivity index (χ0) is 11.8. The Hall–Kier alpha value is -1.51. The van der Waals surface area contributed by atoms with Gasteiger partial charge in [0.05, 0.1) is 12.2 Å². The average molecular weight is 210 g/mol. The first-order valence-electron chi connectivity index (χ1n) is 5.12. The molecule has 0 saturated heterocycles. The van der Waals surface area contributed by atoms with E-state index in [9.17, 15) is 9.90 Å². The number of carbonyl (C=O) groups is 1. The van der Waals surface area contributed by atoms with Crippen molar-refractivity contribution in [2.45, 2.75) is 27.7 Å². The highest BCUT2D eigenvalue weighted by Gasteiger charge is 2.07. The van der Waals surface area contributed by atoms with Crippen molar-refractivity contribution in [3.8, 4) is 5.75 Å². The number of esters is 1. The fraction of sp³-hybridized carbons (Fsp3) is 0.417. The van der Waals surface area contributed by atoms with Crippen LogP contribution in [0.4, 0.5) is 0 Å². The summed E-state index contributed by atoms with van der Waals surface area (Å²) in [6.45, 7) is 7.85. The number of hydrogen-bond donors (Lipinski definition) is 1. The normalized spacial score (nSPS) is 8.80. The van der Waals surface area contributed by atoms with E-state index >= 15 is 0 Å². The second-order valence-corrected chi connectivity index (χ2v) is 2.72. The summed E-state index contributed by atoms with van der Waals surface area (Å²) in [6, 6.07) is 4.72. The standard InChI is InChI=1S/C10H12O3.C2H6/c1-3-13-10(12)8-5-4-7(2)9(11)6-8;1-2/h4-6,11H,3H2,1-2H3;1-2H3. The molecule has 1 aromatic rings. The van der Waals surface area contributed by atoms with Crippen LogP contribution < -0.4 is 0 Å². The Labute approximate surface area is 90.7 Å². The molecule has 0 aliphatic heterocycles. The summed E-state index contributed by atoms with van der Waals surface area (Å²) < 4.78 is 4.77. The van der Waals surface area contributed by atoms with Gasteiger partial charge in [0.1, 0.15) is 5.75 Å². The molecule has 0 spiro atoms. The lowest BCUT2D eigenvalue weighted by Crippen LogP contribution is -2.04. The molecule has 0 aromatic heterocycles. The Balaban J connectivity index is 0.000000921. The molecule has 0 aliphatic carbocycles. The van der Waals surface area contributed by atoms with E-state index in [1.807, 2.05) is 13.8 Å². The molecule has 3 nitrogen and oxygen atoms in total. The predicted molar refractivity (Wildman–Crippen MR) is 60.1 cm³/mol. The number of aryl methyl sites for hydroxylation is 1. The van der Waals surface area contributed by atoms with Crippen LogP contribution in [0.3, 0.4) is 0 Å². The first-order valence-corrected chi connectivity index (χ1v) is 5.12. The highest BCUT2D eigenvalue weighted by Crippen LogP contribution is 2.17. The molecule has 0 atom stereocenters. The van der Waals surface area contributed by atoms with Crippen LogP contribution in [-0.4, -0.2) is 17.7 Å². The third-order valence-corrected chi connectivity index (χ3v) is 1.72. The summed E-state index contributed by atoms with van der Waals surface area (Å²) in [7, 11) is 0. The summed E-state index contributed by atoms with van der Waals surface area (Å²) >= 11 is 0. The second kappa shape index (κ2) is 6.87. The molecular weight excluding hydrogens is 192 g/mol. The molecular formula is C12H18O3. The van der Waals surface area contributed by atoms with E-state index in [0.717, 1.165) is 5.56 Å². The molecule has 15 heavy (non-hydrogen) atoms. The second-order valence-electron chi connectivity index (χ2n) is 2.72. The van der Waals surface area contributed by atoms with Crippen LogP contribution in [0.15, 0.2) is 18.2 Å². The predicted octanol–water partition coefficient (Wildman–Crippen LogP) is 2.90. The molecule has 0 heterocycles. The van der Waals surface area contributed by atoms with Gasteiger partial charge in [-0.15, -0.1) is 0 Å². The fourth-order valence-corrected chi connectivity index (χ4v) is 0.951. The molecule has 1 N–H and O–H groups in total. The van der Waals surface area contributed by atoms with E-state index in [4.69, 9.17) is 4.74 Å². The van der Waals surface area contributed by atoms with Gasteiger partial charge in [-0.3, -0.25) is 0 Å². The summed E-state index contributed by atoms with van der Waals surface area (Å²) in [5, 5.41) is 9.31. The topological polar surface area (TPSA) is 46.5 Å². The lowest BCUT2D eigenvalue weighted by Gasteiger charge is -2.03. The van der Waals surface area contributed by atoms with Crippen LogP contribution in [0.5, 0.6) is 5.75 Å². The van der Waals surface area contributed by atoms with Gasteiger partial charge in [-0.1, -0.05) is 19.9 Å². The Kier molecular flexibility index (Phi) is 6.18. The lowest BCUT2D eigenvalue weighted by molar-refractivity contribution is 0.0526. The van der Waals surface area contributed by atoms with Crippen molar-refractivity contribution >= 4 is 5.97 Å². The van der Waals surface area contributed by atoms with Crippen molar-refractivity contribution in [3.63, 3.8) is 0 Å². The zero-order valence-electron chi connectivity index (χ0n) is 9.70. The van der Waals surface area contributed by atoms with Gasteiger partial charge in [-0.2, -0.15) is 0 Å². The molecule has 0 aliphatic rings. The summed E-state index contributed by atoms with van der Waals surface area (Å²) in [5.41, 5.74) is 1.12. The van der Waals surface area contributed by atoms with Crippen molar-refractivity contribution in [1.29, 1.82) is 0 Å². The van der Waals surface area contributed by atoms with Gasteiger partial charge >= 0.3 is 5.97 Å². The van der Waals surface area contributed by atoms with Gasteiger partial charge in [0.2, 0.25) is 0 Å². The molecule has 1 rings (SSSR count). The van der Waals surface area contributed by atoms with E-state index in [2.05, 4.69) is 0 Å². The van der Waals surface area contributed by atoms with Crippen LogP contribution in [0, 0.1) is 6.92 Å². The third-order valence-electron chi connectivity index (χ3n) is 1.72. The van der Waals surface area contributed by atoms with Crippen molar-refractivity contribution in [3.05, 3.63) is 29.3 Å². The molecule has 3 heteroatoms. The fourth-order valence-electron chi connectivity index (χ4n) is 0.951. The van der Waals surface area contributed by atoms with Crippen LogP contribution in [-0.2, 0) is 4.74 Å². The van der Waals surface area contributed by atoms with Crippen LogP contribution in [0.25, 0.3) is 0 Å². The Morgan fingerprint density at radius 3 is 2.47 bits per heavy atom. The smallest absolute Gasteiger partial charge is 0.338 e. The van der Waals surface area contributed by atoms with Crippen LogP contribution >= 0.6 is 0 Å². The number of carbonyl (C=O) groups excluding carboxylic acids is 1. The first kappa shape index (κ1) is 13.5. The van der Waals surface area contributed by atoms with Gasteiger partial charge in [0.25, 0.3) is 0 Å². The Morgan fingerprint density at radius 2 is 2.00 bits per heavy atom. The van der Waals surface area contributed by atoms with E-state index in [-0.39, 0.29) is 5.75 Å². The summed E-state index contributed by atoms with van der Waals surface area (Å²) in [5.74, 6) is -0.289. The number of aromatic hydroxyl groups is 1. The van der Waals surface area contributed by atoms with Crippen LogP contribution in [0.1, 0.15) is 36.7 Å². The highest BCUT2D eigenvalue weighted by molar-refractivity contribution is 5.89. The van der Waals surface area contributed by atoms with Gasteiger partial charge in [0.15, 0.2) is 0 Å². The van der Waals surface area contributed by atoms with Crippen molar-refractivity contribution < 1.29 is 14.6 Å². The minimum absolute atomic E-state index is 0.116. The van der Waals surface area contributed by atoms with Gasteiger partial charge < -0.3 is 9.84 Å². The van der Waals surface area contributed by atoms with E-state index < -0.39 is 5.97 Å². The number of benzene rings is 1. The van der Waals surface area contributed by atoms with Crippen molar-refractivity contribution in [2.24, 2.45) is 0 Å². The van der Waals surface area contributed by atoms with Crippen LogP contribution in [0.2, 0.25) is 0 Å². The Bertz CT molecular complexity index is 319. The van der Waals surface area contributed by atoms with E-state index in [1.165, 1.54) is 6.07 Å². The minimum Gasteiger partial charge on any atom is -0.508 e. The SMILES string of the molecule is CC.CCOC(=O)c1ccc(C)c(O)c1. The van der Waals surface area contributed by atoms with Gasteiger partial charge in [0, 0.05) is 0 Å². The van der Waals surface area contributed by atoms with Gasteiger partial charge in [-0.05, 0) is 31.5 Å². The molecule has 84 valence electrons. The Morgan fingerprint density at radius 1 is 1.40 bits per heavy atom. The van der Waals surface area contributed by atoms with Gasteiger partial charge in [-0.25, -0.2) is 4.79 Å². The zero-order valence-corrected chi connectivity index (χ0v) is 9.70. The quantitative estimate of drug-likeness (QED) is 0.763. The maximum atomic E-state index is 11.2.